The number of hydrogen-bond donors (Lipinski definition) is 2. The van der Waals surface area contributed by atoms with E-state index in [1.807, 2.05) is 19.1 Å². The first-order chi connectivity index (χ1) is 9.11. The maximum absolute atomic E-state index is 8.72. The highest BCUT2D eigenvalue weighted by atomic mass is 79.9. The van der Waals surface area contributed by atoms with E-state index >= 15 is 0 Å². The number of amidine groups is 1. The minimum Gasteiger partial charge on any atom is -0.437 e. The molecule has 2 rings (SSSR count). The Kier molecular flexibility index (Phi) is 3.96. The molecule has 0 atom stereocenters. The monoisotopic (exact) mass is 322 g/mol. The van der Waals surface area contributed by atoms with Crippen LogP contribution in [0, 0.1) is 6.92 Å². The fraction of sp³-hybridized carbons (Fsp3) is 0.0833. The zero-order valence-corrected chi connectivity index (χ0v) is 11.6. The predicted octanol–water partition coefficient (Wildman–Crippen LogP) is 2.43. The van der Waals surface area contributed by atoms with Gasteiger partial charge in [-0.15, -0.1) is 5.10 Å². The van der Waals surface area contributed by atoms with Gasteiger partial charge < -0.3 is 15.7 Å². The Balaban J connectivity index is 2.38. The van der Waals surface area contributed by atoms with Crippen LogP contribution in [0.3, 0.4) is 0 Å². The summed E-state index contributed by atoms with van der Waals surface area (Å²) in [7, 11) is 0. The summed E-state index contributed by atoms with van der Waals surface area (Å²) in [4.78, 5) is 0. The largest absolute Gasteiger partial charge is 0.437 e. The van der Waals surface area contributed by atoms with Crippen molar-refractivity contribution in [1.29, 1.82) is 0 Å². The van der Waals surface area contributed by atoms with E-state index in [-0.39, 0.29) is 11.7 Å². The molecule has 0 aliphatic rings. The fourth-order valence-corrected chi connectivity index (χ4v) is 1.95. The van der Waals surface area contributed by atoms with Crippen LogP contribution in [0.2, 0.25) is 0 Å². The first-order valence-corrected chi connectivity index (χ1v) is 6.14. The number of benzene rings is 1. The second-order valence-electron chi connectivity index (χ2n) is 3.75. The molecule has 98 valence electrons. The molecule has 1 aromatic heterocycles. The van der Waals surface area contributed by atoms with E-state index in [0.717, 1.165) is 10.0 Å². The number of nitrogens with two attached hydrogens (primary N) is 1. The summed E-state index contributed by atoms with van der Waals surface area (Å²) in [6.45, 7) is 1.90. The van der Waals surface area contributed by atoms with E-state index in [2.05, 4.69) is 31.3 Å². The number of nitrogens with zero attached hydrogens (tertiary/aromatic N) is 3. The smallest absolute Gasteiger partial charge is 0.250 e. The topological polar surface area (TPSA) is 93.6 Å². The lowest BCUT2D eigenvalue weighted by atomic mass is 10.2. The van der Waals surface area contributed by atoms with Crippen LogP contribution in [-0.4, -0.2) is 21.2 Å². The third kappa shape index (κ3) is 3.00. The third-order valence-electron chi connectivity index (χ3n) is 2.41. The Morgan fingerprint density at radius 1 is 1.42 bits per heavy atom. The zero-order valence-electron chi connectivity index (χ0n) is 10.0. The van der Waals surface area contributed by atoms with Crippen molar-refractivity contribution in [3.05, 3.63) is 46.1 Å². The molecule has 1 heterocycles. The molecular formula is C12H11BrN4O2. The van der Waals surface area contributed by atoms with Crippen LogP contribution >= 0.6 is 15.9 Å². The summed E-state index contributed by atoms with van der Waals surface area (Å²) in [6.07, 6.45) is 1.44. The van der Waals surface area contributed by atoms with E-state index in [1.165, 1.54) is 6.20 Å². The lowest BCUT2D eigenvalue weighted by molar-refractivity contribution is 0.318. The molecule has 6 nitrogen and oxygen atoms in total. The van der Waals surface area contributed by atoms with Gasteiger partial charge in [-0.05, 0) is 36.8 Å². The second-order valence-corrected chi connectivity index (χ2v) is 4.66. The maximum atomic E-state index is 8.72. The van der Waals surface area contributed by atoms with E-state index in [9.17, 15) is 0 Å². The van der Waals surface area contributed by atoms with Crippen LogP contribution in [0.5, 0.6) is 11.6 Å². The number of rotatable bonds is 3. The van der Waals surface area contributed by atoms with Crippen molar-refractivity contribution in [2.24, 2.45) is 10.9 Å². The molecule has 0 saturated heterocycles. The van der Waals surface area contributed by atoms with Crippen LogP contribution in [0.4, 0.5) is 0 Å². The fourth-order valence-electron chi connectivity index (χ4n) is 1.47. The number of hydrogen-bond acceptors (Lipinski definition) is 5. The zero-order chi connectivity index (χ0) is 13.8. The van der Waals surface area contributed by atoms with Crippen molar-refractivity contribution in [2.45, 2.75) is 6.92 Å². The van der Waals surface area contributed by atoms with Gasteiger partial charge in [-0.1, -0.05) is 21.1 Å². The van der Waals surface area contributed by atoms with Crippen molar-refractivity contribution >= 4 is 21.8 Å². The van der Waals surface area contributed by atoms with Crippen LogP contribution in [-0.2, 0) is 0 Å². The van der Waals surface area contributed by atoms with Gasteiger partial charge in [-0.3, -0.25) is 0 Å². The predicted molar refractivity (Wildman–Crippen MR) is 73.5 cm³/mol. The average molecular weight is 323 g/mol. The van der Waals surface area contributed by atoms with Gasteiger partial charge >= 0.3 is 0 Å². The van der Waals surface area contributed by atoms with Gasteiger partial charge in [0.25, 0.3) is 0 Å². The molecule has 0 saturated carbocycles. The van der Waals surface area contributed by atoms with E-state index in [4.69, 9.17) is 15.7 Å². The van der Waals surface area contributed by atoms with Gasteiger partial charge in [-0.2, -0.15) is 5.10 Å². The summed E-state index contributed by atoms with van der Waals surface area (Å²) < 4.78 is 6.60. The van der Waals surface area contributed by atoms with Crippen LogP contribution in [0.25, 0.3) is 0 Å². The Morgan fingerprint density at radius 2 is 2.21 bits per heavy atom. The van der Waals surface area contributed by atoms with E-state index in [1.54, 1.807) is 12.1 Å². The van der Waals surface area contributed by atoms with E-state index < -0.39 is 0 Å². The molecule has 0 spiro atoms. The van der Waals surface area contributed by atoms with Crippen LogP contribution in [0.1, 0.15) is 11.1 Å². The van der Waals surface area contributed by atoms with Crippen molar-refractivity contribution in [1.82, 2.24) is 10.2 Å². The van der Waals surface area contributed by atoms with Gasteiger partial charge in [0.05, 0.1) is 11.8 Å². The van der Waals surface area contributed by atoms with Crippen LogP contribution < -0.4 is 10.5 Å². The molecule has 3 N–H and O–H groups in total. The quantitative estimate of drug-likeness (QED) is 0.392. The molecule has 1 aromatic carbocycles. The standard InChI is InChI=1S/C12H11BrN4O2/c1-7-6-8(13)2-3-10(7)19-12-9(11(14)17-18)4-5-15-16-12/h2-6,18H,1H3,(H2,14,17). The van der Waals surface area contributed by atoms with Crippen molar-refractivity contribution in [3.63, 3.8) is 0 Å². The molecule has 0 unspecified atom stereocenters. The highest BCUT2D eigenvalue weighted by molar-refractivity contribution is 9.10. The summed E-state index contributed by atoms with van der Waals surface area (Å²) in [5, 5.41) is 19.2. The van der Waals surface area contributed by atoms with Crippen molar-refractivity contribution < 1.29 is 9.94 Å². The molecule has 2 aromatic rings. The highest BCUT2D eigenvalue weighted by Gasteiger charge is 2.12. The van der Waals surface area contributed by atoms with Crippen LogP contribution in [0.15, 0.2) is 40.1 Å². The average Bonchev–Trinajstić information content (AvgIpc) is 2.41. The lowest BCUT2D eigenvalue weighted by Gasteiger charge is -2.10. The molecule has 0 radical (unpaired) electrons. The third-order valence-corrected chi connectivity index (χ3v) is 2.91. The van der Waals surface area contributed by atoms with Gasteiger partial charge in [-0.25, -0.2) is 0 Å². The highest BCUT2D eigenvalue weighted by Crippen LogP contribution is 2.27. The Morgan fingerprint density at radius 3 is 2.89 bits per heavy atom. The summed E-state index contributed by atoms with van der Waals surface area (Å²) in [6, 6.07) is 7.12. The molecule has 7 heteroatoms. The van der Waals surface area contributed by atoms with Gasteiger partial charge in [0.2, 0.25) is 5.88 Å². The molecule has 0 fully saturated rings. The number of oxime groups is 1. The molecule has 0 aliphatic carbocycles. The van der Waals surface area contributed by atoms with E-state index in [0.29, 0.717) is 11.3 Å². The summed E-state index contributed by atoms with van der Waals surface area (Å²) >= 11 is 3.37. The number of halogens is 1. The number of aryl methyl sites for hydroxylation is 1. The maximum Gasteiger partial charge on any atom is 0.250 e. The van der Waals surface area contributed by atoms with Crippen molar-refractivity contribution in [2.75, 3.05) is 0 Å². The first-order valence-electron chi connectivity index (χ1n) is 5.35. The Bertz CT molecular complexity index is 631. The summed E-state index contributed by atoms with van der Waals surface area (Å²) in [5.41, 5.74) is 6.85. The minimum atomic E-state index is -0.0836. The Labute approximate surface area is 118 Å². The SMILES string of the molecule is Cc1cc(Br)ccc1Oc1nnccc1/C(N)=N/O. The second kappa shape index (κ2) is 5.66. The molecule has 0 aliphatic heterocycles. The van der Waals surface area contributed by atoms with Gasteiger partial charge in [0.15, 0.2) is 5.84 Å². The van der Waals surface area contributed by atoms with Gasteiger partial charge in [0.1, 0.15) is 5.75 Å². The summed E-state index contributed by atoms with van der Waals surface area (Å²) in [5.74, 6) is 0.721. The lowest BCUT2D eigenvalue weighted by Crippen LogP contribution is -2.15. The number of ether oxygens (including phenoxy) is 1. The molecular weight excluding hydrogens is 312 g/mol. The Hall–Kier alpha value is -2.15. The minimum absolute atomic E-state index is 0.0836. The van der Waals surface area contributed by atoms with Gasteiger partial charge in [0, 0.05) is 4.47 Å². The normalized spacial score (nSPS) is 11.4. The molecule has 0 amide bonds. The van der Waals surface area contributed by atoms with Crippen molar-refractivity contribution in [3.8, 4) is 11.6 Å². The number of aromatic nitrogens is 2. The molecule has 0 bridgehead atoms. The molecule has 19 heavy (non-hydrogen) atoms. The first kappa shape index (κ1) is 13.3.